The molecule has 6 nitrogen and oxygen atoms in total. The van der Waals surface area contributed by atoms with Gasteiger partial charge in [-0.1, -0.05) is 0 Å². The van der Waals surface area contributed by atoms with Crippen molar-refractivity contribution in [3.8, 4) is 11.5 Å². The van der Waals surface area contributed by atoms with Crippen molar-refractivity contribution in [2.75, 3.05) is 31.8 Å². The molecule has 1 amide bonds. The molecular formula is C23H23N3O3S2. The van der Waals surface area contributed by atoms with Crippen LogP contribution in [0.1, 0.15) is 21.6 Å². The van der Waals surface area contributed by atoms with Crippen molar-refractivity contribution in [3.05, 3.63) is 69.7 Å². The van der Waals surface area contributed by atoms with E-state index < -0.39 is 0 Å². The number of hydrogen-bond acceptors (Lipinski definition) is 7. The Hall–Kier alpha value is -2.97. The Kier molecular flexibility index (Phi) is 6.48. The Bertz CT molecular complexity index is 1110. The third-order valence-corrected chi connectivity index (χ3v) is 6.65. The average Bonchev–Trinajstić information content (AvgIpc) is 3.43. The van der Waals surface area contributed by atoms with Gasteiger partial charge in [0.25, 0.3) is 5.91 Å². The van der Waals surface area contributed by atoms with Crippen LogP contribution >= 0.6 is 23.1 Å². The lowest BCUT2D eigenvalue weighted by atomic mass is 10.1. The van der Waals surface area contributed by atoms with Gasteiger partial charge in [-0.3, -0.25) is 4.79 Å². The molecule has 31 heavy (non-hydrogen) atoms. The molecule has 0 radical (unpaired) electrons. The highest BCUT2D eigenvalue weighted by molar-refractivity contribution is 8.03. The molecule has 0 spiro atoms. The summed E-state index contributed by atoms with van der Waals surface area (Å²) in [5.74, 6) is 2.45. The smallest absolute Gasteiger partial charge is 0.258 e. The van der Waals surface area contributed by atoms with Gasteiger partial charge < -0.3 is 19.7 Å². The van der Waals surface area contributed by atoms with Crippen molar-refractivity contribution in [2.24, 2.45) is 0 Å². The lowest BCUT2D eigenvalue weighted by Gasteiger charge is -2.17. The number of hydrogen-bond donors (Lipinski definition) is 1. The minimum atomic E-state index is -0.00573. The molecule has 0 unspecified atom stereocenters. The number of ether oxygens (including phenoxy) is 2. The lowest BCUT2D eigenvalue weighted by Crippen LogP contribution is -2.26. The topological polar surface area (TPSA) is 63.7 Å². The number of aromatic nitrogens is 1. The van der Waals surface area contributed by atoms with Gasteiger partial charge in [-0.15, -0.1) is 23.1 Å². The summed E-state index contributed by atoms with van der Waals surface area (Å²) in [4.78, 5) is 19.6. The van der Waals surface area contributed by atoms with Gasteiger partial charge in [0.2, 0.25) is 0 Å². The largest absolute Gasteiger partial charge is 0.497 e. The zero-order chi connectivity index (χ0) is 21.8. The summed E-state index contributed by atoms with van der Waals surface area (Å²) in [6.45, 7) is 2.62. The van der Waals surface area contributed by atoms with Crippen LogP contribution in [0.2, 0.25) is 0 Å². The quantitative estimate of drug-likeness (QED) is 0.539. The van der Waals surface area contributed by atoms with Crippen LogP contribution in [0.15, 0.2) is 52.9 Å². The molecule has 1 N–H and O–H groups in total. The molecule has 4 rings (SSSR count). The fraction of sp³-hybridized carbons (Fsp3) is 0.217. The molecule has 8 heteroatoms. The van der Waals surface area contributed by atoms with E-state index in [0.29, 0.717) is 12.1 Å². The highest BCUT2D eigenvalue weighted by atomic mass is 32.2. The standard InChI is InChI=1S/C23H23N3O3S2/c1-15-12-16(4-9-20(15)29-3)22(27)26-10-11-30-21(26)13-18-14-31-23(25-18)24-17-5-7-19(28-2)8-6-17/h4-9,12-14H,10-11H2,1-3H3,(H,24,25)/b21-13+. The number of amides is 1. The van der Waals surface area contributed by atoms with Crippen LogP contribution in [0.5, 0.6) is 11.5 Å². The molecule has 3 aromatic rings. The maximum absolute atomic E-state index is 13.1. The Morgan fingerprint density at radius 1 is 1.16 bits per heavy atom. The van der Waals surface area contributed by atoms with Crippen LogP contribution < -0.4 is 14.8 Å². The first-order chi connectivity index (χ1) is 15.1. The second kappa shape index (κ2) is 9.45. The fourth-order valence-corrected chi connectivity index (χ4v) is 4.96. The molecule has 0 saturated carbocycles. The third-order valence-electron chi connectivity index (χ3n) is 4.85. The van der Waals surface area contributed by atoms with Crippen LogP contribution in [0.25, 0.3) is 6.08 Å². The van der Waals surface area contributed by atoms with Crippen molar-refractivity contribution in [1.82, 2.24) is 9.88 Å². The van der Waals surface area contributed by atoms with Crippen molar-refractivity contribution in [1.29, 1.82) is 0 Å². The lowest BCUT2D eigenvalue weighted by molar-refractivity contribution is 0.0831. The number of thioether (sulfide) groups is 1. The number of aryl methyl sites for hydroxylation is 1. The first-order valence-corrected chi connectivity index (χ1v) is 11.6. The summed E-state index contributed by atoms with van der Waals surface area (Å²) in [6.07, 6.45) is 1.97. The SMILES string of the molecule is COc1ccc(Nc2nc(/C=C3/SCCN3C(=O)c3ccc(OC)c(C)c3)cs2)cc1. The summed E-state index contributed by atoms with van der Waals surface area (Å²) in [6, 6.07) is 13.2. The average molecular weight is 454 g/mol. The number of carbonyl (C=O) groups is 1. The van der Waals surface area contributed by atoms with Crippen molar-refractivity contribution >= 4 is 45.9 Å². The van der Waals surface area contributed by atoms with Gasteiger partial charge in [0, 0.05) is 28.9 Å². The number of methoxy groups -OCH3 is 2. The molecule has 2 aromatic carbocycles. The van der Waals surface area contributed by atoms with E-state index in [0.717, 1.165) is 44.4 Å². The number of anilines is 2. The summed E-state index contributed by atoms with van der Waals surface area (Å²) in [5.41, 5.74) is 3.37. The molecule has 1 fully saturated rings. The van der Waals surface area contributed by atoms with E-state index in [1.165, 1.54) is 11.3 Å². The summed E-state index contributed by atoms with van der Waals surface area (Å²) in [7, 11) is 3.28. The number of rotatable bonds is 6. The van der Waals surface area contributed by atoms with Crippen LogP contribution in [0, 0.1) is 6.92 Å². The molecule has 0 bridgehead atoms. The van der Waals surface area contributed by atoms with E-state index in [1.54, 1.807) is 26.0 Å². The predicted octanol–water partition coefficient (Wildman–Crippen LogP) is 5.40. The zero-order valence-corrected chi connectivity index (χ0v) is 19.2. The van der Waals surface area contributed by atoms with Gasteiger partial charge in [-0.05, 0) is 61.0 Å². The van der Waals surface area contributed by atoms with E-state index in [-0.39, 0.29) is 5.91 Å². The van der Waals surface area contributed by atoms with Gasteiger partial charge >= 0.3 is 0 Å². The summed E-state index contributed by atoms with van der Waals surface area (Å²) < 4.78 is 10.5. The van der Waals surface area contributed by atoms with Crippen LogP contribution in [0.4, 0.5) is 10.8 Å². The number of thiazole rings is 1. The van der Waals surface area contributed by atoms with E-state index in [1.807, 2.05) is 65.7 Å². The normalized spacial score (nSPS) is 14.7. The van der Waals surface area contributed by atoms with Crippen molar-refractivity contribution in [2.45, 2.75) is 6.92 Å². The number of nitrogens with zero attached hydrogens (tertiary/aromatic N) is 2. The van der Waals surface area contributed by atoms with Gasteiger partial charge in [-0.25, -0.2) is 4.98 Å². The number of carbonyl (C=O) groups excluding carboxylic acids is 1. The maximum atomic E-state index is 13.1. The second-order valence-electron chi connectivity index (χ2n) is 6.90. The van der Waals surface area contributed by atoms with Crippen LogP contribution in [-0.4, -0.2) is 42.3 Å². The number of benzene rings is 2. The minimum absolute atomic E-state index is 0.00573. The van der Waals surface area contributed by atoms with Gasteiger partial charge in [0.15, 0.2) is 5.13 Å². The Balaban J connectivity index is 1.49. The summed E-state index contributed by atoms with van der Waals surface area (Å²) in [5, 5.41) is 7.00. The first-order valence-electron chi connectivity index (χ1n) is 9.75. The maximum Gasteiger partial charge on any atom is 0.258 e. The Morgan fingerprint density at radius 3 is 2.68 bits per heavy atom. The fourth-order valence-electron chi connectivity index (χ4n) is 3.25. The molecule has 1 aliphatic rings. The number of nitrogens with one attached hydrogen (secondary N) is 1. The predicted molar refractivity (Wildman–Crippen MR) is 128 cm³/mol. The molecule has 1 aromatic heterocycles. The molecule has 1 saturated heterocycles. The van der Waals surface area contributed by atoms with Gasteiger partial charge in [-0.2, -0.15) is 0 Å². The van der Waals surface area contributed by atoms with Gasteiger partial charge in [0.05, 0.1) is 24.9 Å². The van der Waals surface area contributed by atoms with E-state index in [4.69, 9.17) is 9.47 Å². The highest BCUT2D eigenvalue weighted by Crippen LogP contribution is 2.33. The molecule has 160 valence electrons. The molecule has 2 heterocycles. The Morgan fingerprint density at radius 2 is 1.97 bits per heavy atom. The molecule has 0 atom stereocenters. The van der Waals surface area contributed by atoms with E-state index in [2.05, 4.69) is 10.3 Å². The molecule has 1 aliphatic heterocycles. The molecule has 0 aliphatic carbocycles. The third kappa shape index (κ3) is 4.86. The second-order valence-corrected chi connectivity index (χ2v) is 8.88. The molecular weight excluding hydrogens is 430 g/mol. The highest BCUT2D eigenvalue weighted by Gasteiger charge is 2.26. The van der Waals surface area contributed by atoms with Gasteiger partial charge in [0.1, 0.15) is 11.5 Å². The van der Waals surface area contributed by atoms with E-state index >= 15 is 0 Å². The van der Waals surface area contributed by atoms with Crippen molar-refractivity contribution in [3.63, 3.8) is 0 Å². The van der Waals surface area contributed by atoms with E-state index in [9.17, 15) is 4.79 Å². The van der Waals surface area contributed by atoms with Crippen LogP contribution in [-0.2, 0) is 0 Å². The monoisotopic (exact) mass is 453 g/mol. The minimum Gasteiger partial charge on any atom is -0.497 e. The summed E-state index contributed by atoms with van der Waals surface area (Å²) >= 11 is 3.19. The first kappa shape index (κ1) is 21.3. The zero-order valence-electron chi connectivity index (χ0n) is 17.5. The van der Waals surface area contributed by atoms with Crippen LogP contribution in [0.3, 0.4) is 0 Å². The van der Waals surface area contributed by atoms with Crippen molar-refractivity contribution < 1.29 is 14.3 Å². The Labute approximate surface area is 189 Å².